The van der Waals surface area contributed by atoms with Crippen LogP contribution in [-0.4, -0.2) is 23.4 Å². The maximum Gasteiger partial charge on any atom is 0.573 e. The molecule has 0 saturated carbocycles. The van der Waals surface area contributed by atoms with Crippen molar-refractivity contribution in [3.05, 3.63) is 41.7 Å². The van der Waals surface area contributed by atoms with Crippen LogP contribution in [0.4, 0.5) is 26.3 Å². The van der Waals surface area contributed by atoms with Crippen molar-refractivity contribution in [2.24, 2.45) is 0 Å². The predicted molar refractivity (Wildman–Crippen MR) is 54.2 cm³/mol. The second-order valence-electron chi connectivity index (χ2n) is 3.46. The van der Waals surface area contributed by atoms with Crippen LogP contribution >= 0.6 is 0 Å². The molecule has 0 radical (unpaired) electrons. The minimum atomic E-state index is -5.07. The molecule has 0 atom stereocenters. The molecule has 0 spiro atoms. The molecule has 0 fully saturated rings. The van der Waals surface area contributed by atoms with E-state index >= 15 is 0 Å². The number of carbonyl (C=O) groups excluding carboxylic acids is 1. The van der Waals surface area contributed by atoms with Crippen LogP contribution in [0.5, 0.6) is 5.75 Å². The molecule has 1 N–H and O–H groups in total. The van der Waals surface area contributed by atoms with E-state index in [4.69, 9.17) is 5.11 Å². The topological polar surface area (TPSA) is 46.5 Å². The summed E-state index contributed by atoms with van der Waals surface area (Å²) in [4.78, 5) is 11.3. The molecule has 0 aliphatic rings. The number of aliphatic hydroxyl groups is 1. The fourth-order valence-corrected chi connectivity index (χ4v) is 1.11. The average Bonchev–Trinajstić information content (AvgIpc) is 2.26. The van der Waals surface area contributed by atoms with Crippen LogP contribution in [0.25, 0.3) is 0 Å². The van der Waals surface area contributed by atoms with Crippen LogP contribution in [0, 0.1) is 0 Å². The van der Waals surface area contributed by atoms with E-state index in [-0.39, 0.29) is 11.6 Å². The Balaban J connectivity index is 2.87. The Morgan fingerprint density at radius 1 is 1.05 bits per heavy atom. The molecule has 0 aliphatic carbocycles. The van der Waals surface area contributed by atoms with Gasteiger partial charge in [-0.3, -0.25) is 4.79 Å². The number of ketones is 1. The lowest BCUT2D eigenvalue weighted by Gasteiger charge is -2.08. The van der Waals surface area contributed by atoms with Crippen LogP contribution in [0.1, 0.15) is 10.4 Å². The van der Waals surface area contributed by atoms with Gasteiger partial charge in [0, 0.05) is 11.6 Å². The molecular weight excluding hydrogens is 294 g/mol. The first kappa shape index (κ1) is 15.9. The summed E-state index contributed by atoms with van der Waals surface area (Å²) in [6.07, 6.45) is -10.1. The Morgan fingerprint density at radius 2 is 1.55 bits per heavy atom. The minimum absolute atomic E-state index is 0.0698. The molecule has 20 heavy (non-hydrogen) atoms. The van der Waals surface area contributed by atoms with E-state index in [0.717, 1.165) is 24.3 Å². The van der Waals surface area contributed by atoms with Crippen molar-refractivity contribution in [2.45, 2.75) is 12.5 Å². The highest BCUT2D eigenvalue weighted by Crippen LogP contribution is 2.25. The highest BCUT2D eigenvalue weighted by molar-refractivity contribution is 6.04. The molecule has 0 unspecified atom stereocenters. The van der Waals surface area contributed by atoms with Crippen LogP contribution in [0.15, 0.2) is 36.1 Å². The van der Waals surface area contributed by atoms with Crippen LogP contribution in [-0.2, 0) is 0 Å². The molecule has 0 aliphatic heterocycles. The Bertz CT molecular complexity index is 512. The molecule has 0 heterocycles. The minimum Gasteiger partial charge on any atom is -0.504 e. The predicted octanol–water partition coefficient (Wildman–Crippen LogP) is 3.77. The fourth-order valence-electron chi connectivity index (χ4n) is 1.11. The molecule has 0 amide bonds. The highest BCUT2D eigenvalue weighted by atomic mass is 19.4. The van der Waals surface area contributed by atoms with Gasteiger partial charge >= 0.3 is 12.5 Å². The number of carbonyl (C=O) groups is 1. The smallest absolute Gasteiger partial charge is 0.504 e. The van der Waals surface area contributed by atoms with E-state index in [9.17, 15) is 31.1 Å². The fraction of sp³-hybridized carbons (Fsp3) is 0.182. The Labute approximate surface area is 108 Å². The molecule has 0 saturated heterocycles. The molecule has 1 aromatic carbocycles. The lowest BCUT2D eigenvalue weighted by atomic mass is 10.1. The van der Waals surface area contributed by atoms with Crippen LogP contribution in [0.3, 0.4) is 0 Å². The SMILES string of the molecule is O=C(C=C(O)C(F)(F)F)c1ccc(OC(F)(F)F)cc1. The van der Waals surface area contributed by atoms with Gasteiger partial charge in [-0.25, -0.2) is 0 Å². The first-order chi connectivity index (χ1) is 8.99. The third kappa shape index (κ3) is 4.82. The maximum absolute atomic E-state index is 12.0. The molecule has 1 aromatic rings. The number of allylic oxidation sites excluding steroid dienone is 2. The van der Waals surface area contributed by atoms with Crippen molar-refractivity contribution < 1.29 is 41.0 Å². The summed E-state index contributed by atoms with van der Waals surface area (Å²) in [5, 5.41) is 8.57. The summed E-state index contributed by atoms with van der Waals surface area (Å²) in [6, 6.07) is 3.20. The van der Waals surface area contributed by atoms with Crippen molar-refractivity contribution in [1.29, 1.82) is 0 Å². The zero-order valence-corrected chi connectivity index (χ0v) is 9.42. The molecular formula is C11H6F6O3. The van der Waals surface area contributed by atoms with Gasteiger partial charge in [0.2, 0.25) is 5.76 Å². The molecule has 3 nitrogen and oxygen atoms in total. The van der Waals surface area contributed by atoms with Crippen molar-refractivity contribution in [3.63, 3.8) is 0 Å². The summed E-state index contributed by atoms with van der Waals surface area (Å²) in [6.45, 7) is 0. The molecule has 1 rings (SSSR count). The summed E-state index contributed by atoms with van der Waals surface area (Å²) in [5.74, 6) is -3.94. The van der Waals surface area contributed by atoms with Gasteiger partial charge in [-0.2, -0.15) is 13.2 Å². The van der Waals surface area contributed by atoms with Gasteiger partial charge in [-0.1, -0.05) is 0 Å². The Kier molecular flexibility index (Phi) is 4.31. The van der Waals surface area contributed by atoms with Gasteiger partial charge in [-0.15, -0.1) is 13.2 Å². The number of rotatable bonds is 3. The summed E-state index contributed by atoms with van der Waals surface area (Å²) in [5.41, 5.74) is -0.338. The molecule has 0 aromatic heterocycles. The van der Waals surface area contributed by atoms with Crippen molar-refractivity contribution in [3.8, 4) is 5.75 Å². The lowest BCUT2D eigenvalue weighted by molar-refractivity contribution is -0.274. The quantitative estimate of drug-likeness (QED) is 0.400. The number of aliphatic hydroxyl groups excluding tert-OH is 1. The van der Waals surface area contributed by atoms with Crippen LogP contribution in [0.2, 0.25) is 0 Å². The van der Waals surface area contributed by atoms with Gasteiger partial charge < -0.3 is 9.84 Å². The van der Waals surface area contributed by atoms with E-state index < -0.39 is 29.8 Å². The molecule has 110 valence electrons. The van der Waals surface area contributed by atoms with Gasteiger partial charge in [-0.05, 0) is 24.3 Å². The van der Waals surface area contributed by atoms with Gasteiger partial charge in [0.15, 0.2) is 5.78 Å². The Hall–Kier alpha value is -2.19. The number of halogens is 6. The first-order valence-corrected chi connectivity index (χ1v) is 4.87. The summed E-state index contributed by atoms with van der Waals surface area (Å²) < 4.78 is 74.9. The number of hydrogen-bond acceptors (Lipinski definition) is 3. The molecule has 0 bridgehead atoms. The van der Waals surface area contributed by atoms with Crippen molar-refractivity contribution >= 4 is 5.78 Å². The summed E-state index contributed by atoms with van der Waals surface area (Å²) >= 11 is 0. The second kappa shape index (κ2) is 5.43. The van der Waals surface area contributed by atoms with Crippen molar-refractivity contribution in [2.75, 3.05) is 0 Å². The van der Waals surface area contributed by atoms with Gasteiger partial charge in [0.05, 0.1) is 0 Å². The zero-order chi connectivity index (χ0) is 15.6. The van der Waals surface area contributed by atoms with Crippen molar-refractivity contribution in [1.82, 2.24) is 0 Å². The van der Waals surface area contributed by atoms with E-state index in [1.54, 1.807) is 0 Å². The standard InChI is InChI=1S/C11H6F6O3/c12-10(13,14)9(19)5-8(18)6-1-3-7(4-2-6)20-11(15,16)17/h1-5,19H. The maximum atomic E-state index is 12.0. The van der Waals surface area contributed by atoms with Crippen LogP contribution < -0.4 is 4.74 Å². The second-order valence-corrected chi connectivity index (χ2v) is 3.46. The monoisotopic (exact) mass is 300 g/mol. The van der Waals surface area contributed by atoms with E-state index in [0.29, 0.717) is 0 Å². The van der Waals surface area contributed by atoms with E-state index in [1.165, 1.54) is 0 Å². The van der Waals surface area contributed by atoms with Gasteiger partial charge in [0.25, 0.3) is 0 Å². The lowest BCUT2D eigenvalue weighted by Crippen LogP contribution is -2.17. The molecule has 9 heteroatoms. The largest absolute Gasteiger partial charge is 0.573 e. The Morgan fingerprint density at radius 3 is 1.95 bits per heavy atom. The third-order valence-electron chi connectivity index (χ3n) is 1.93. The zero-order valence-electron chi connectivity index (χ0n) is 9.42. The number of alkyl halides is 6. The number of ether oxygens (including phenoxy) is 1. The average molecular weight is 300 g/mol. The normalized spacial score (nSPS) is 13.2. The number of hydrogen-bond donors (Lipinski definition) is 1. The summed E-state index contributed by atoms with van der Waals surface area (Å²) in [7, 11) is 0. The third-order valence-corrected chi connectivity index (χ3v) is 1.93. The first-order valence-electron chi connectivity index (χ1n) is 4.87. The van der Waals surface area contributed by atoms with Gasteiger partial charge in [0.1, 0.15) is 5.75 Å². The van der Waals surface area contributed by atoms with E-state index in [1.807, 2.05) is 0 Å². The van der Waals surface area contributed by atoms with E-state index in [2.05, 4.69) is 4.74 Å². The highest BCUT2D eigenvalue weighted by Gasteiger charge is 2.34. The number of benzene rings is 1.